The van der Waals surface area contributed by atoms with Gasteiger partial charge >= 0.3 is 0 Å². The van der Waals surface area contributed by atoms with E-state index < -0.39 is 0 Å². The second kappa shape index (κ2) is 9.95. The smallest absolute Gasteiger partial charge is 0.115 e. The van der Waals surface area contributed by atoms with Crippen LogP contribution in [0.3, 0.4) is 0 Å². The molecule has 1 aromatic carbocycles. The summed E-state index contributed by atoms with van der Waals surface area (Å²) in [5.74, 6) is 0.329. The molecule has 1 nitrogen and oxygen atoms in total. The maximum Gasteiger partial charge on any atom is 0.115 e. The zero-order valence-electron chi connectivity index (χ0n) is 8.13. The molecule has 0 radical (unpaired) electrons. The Hall–Kier alpha value is -1.05. The van der Waals surface area contributed by atoms with Crippen LogP contribution >= 0.6 is 0 Å². The van der Waals surface area contributed by atoms with E-state index in [9.17, 15) is 4.39 Å². The topological polar surface area (TPSA) is 20.2 Å². The molecule has 0 saturated heterocycles. The van der Waals surface area contributed by atoms with Crippen molar-refractivity contribution in [2.75, 3.05) is 7.18 Å². The molecule has 1 N–H and O–H groups in total. The van der Waals surface area contributed by atoms with Crippen LogP contribution in [-0.4, -0.2) is 12.3 Å². The third-order valence-corrected chi connectivity index (χ3v) is 1.03. The molecule has 0 aliphatic heterocycles. The largest absolute Gasteiger partial charge is 0.508 e. The molecule has 0 unspecified atom stereocenters. The fourth-order valence-electron chi connectivity index (χ4n) is 0.545. The van der Waals surface area contributed by atoms with Gasteiger partial charge in [-0.15, -0.1) is 0 Å². The molecular formula is C10H17FO. The van der Waals surface area contributed by atoms with Gasteiger partial charge in [0.05, 0.1) is 7.18 Å². The van der Waals surface area contributed by atoms with E-state index in [2.05, 4.69) is 0 Å². The number of aromatic hydroxyl groups is 1. The molecule has 70 valence electrons. The number of alkyl halides is 1. The number of phenols is 1. The predicted molar refractivity (Wildman–Crippen MR) is 51.2 cm³/mol. The monoisotopic (exact) mass is 172 g/mol. The standard InChI is InChI=1S/C7H8O.C2H6.CH3F/c1-6-2-4-7(8)5-3-6;2*1-2/h2-5,8H,1H3;1-2H3;1H3. The van der Waals surface area contributed by atoms with Gasteiger partial charge in [0.1, 0.15) is 5.75 Å². The van der Waals surface area contributed by atoms with E-state index in [1.807, 2.05) is 32.9 Å². The molecule has 12 heavy (non-hydrogen) atoms. The summed E-state index contributed by atoms with van der Waals surface area (Å²) < 4.78 is 9.50. The second-order valence-corrected chi connectivity index (χ2v) is 1.84. The van der Waals surface area contributed by atoms with Crippen molar-refractivity contribution >= 4 is 0 Å². The molecule has 2 heteroatoms. The first-order chi connectivity index (χ1) is 5.79. The van der Waals surface area contributed by atoms with Crippen LogP contribution in [0.4, 0.5) is 4.39 Å². The molecule has 0 aliphatic carbocycles. The number of aryl methyl sites for hydroxylation is 1. The Bertz CT molecular complexity index is 149. The number of rotatable bonds is 0. The van der Waals surface area contributed by atoms with E-state index in [0.717, 1.165) is 0 Å². The van der Waals surface area contributed by atoms with Gasteiger partial charge in [0, 0.05) is 0 Å². The third-order valence-electron chi connectivity index (χ3n) is 1.03. The van der Waals surface area contributed by atoms with Gasteiger partial charge in [-0.05, 0) is 19.1 Å². The lowest BCUT2D eigenvalue weighted by atomic mass is 10.2. The number of benzene rings is 1. The summed E-state index contributed by atoms with van der Waals surface area (Å²) in [6.07, 6.45) is 0. The van der Waals surface area contributed by atoms with Gasteiger partial charge in [-0.1, -0.05) is 31.5 Å². The van der Waals surface area contributed by atoms with Gasteiger partial charge in [0.25, 0.3) is 0 Å². The van der Waals surface area contributed by atoms with Crippen LogP contribution in [-0.2, 0) is 0 Å². The van der Waals surface area contributed by atoms with E-state index in [4.69, 9.17) is 5.11 Å². The van der Waals surface area contributed by atoms with Crippen molar-refractivity contribution in [3.8, 4) is 5.75 Å². The summed E-state index contributed by atoms with van der Waals surface area (Å²) in [5.41, 5.74) is 1.17. The molecule has 0 aromatic heterocycles. The highest BCUT2D eigenvalue weighted by molar-refractivity contribution is 5.24. The predicted octanol–water partition coefficient (Wildman–Crippen LogP) is 3.31. The molecule has 0 fully saturated rings. The Kier molecular flexibility index (Phi) is 11.2. The molecule has 1 aromatic rings. The van der Waals surface area contributed by atoms with Gasteiger partial charge in [-0.2, -0.15) is 0 Å². The van der Waals surface area contributed by atoms with Crippen LogP contribution in [0.25, 0.3) is 0 Å². The van der Waals surface area contributed by atoms with Gasteiger partial charge in [0.2, 0.25) is 0 Å². The van der Waals surface area contributed by atoms with Crippen molar-refractivity contribution in [3.63, 3.8) is 0 Å². The molecule has 0 bridgehead atoms. The normalized spacial score (nSPS) is 7.08. The second-order valence-electron chi connectivity index (χ2n) is 1.84. The minimum Gasteiger partial charge on any atom is -0.508 e. The van der Waals surface area contributed by atoms with E-state index in [-0.39, 0.29) is 0 Å². The average molecular weight is 172 g/mol. The highest BCUT2D eigenvalue weighted by Gasteiger charge is 1.82. The van der Waals surface area contributed by atoms with Gasteiger partial charge in [-0.25, -0.2) is 0 Å². The Morgan fingerprint density at radius 3 is 1.58 bits per heavy atom. The van der Waals surface area contributed by atoms with Crippen LogP contribution in [0.15, 0.2) is 24.3 Å². The maximum absolute atomic E-state index is 9.50. The minimum absolute atomic E-state index is 0.329. The van der Waals surface area contributed by atoms with Crippen LogP contribution in [0.5, 0.6) is 5.75 Å². The Morgan fingerprint density at radius 1 is 1.00 bits per heavy atom. The Morgan fingerprint density at radius 2 is 1.33 bits per heavy atom. The first-order valence-electron chi connectivity index (χ1n) is 3.92. The third kappa shape index (κ3) is 7.06. The van der Waals surface area contributed by atoms with Gasteiger partial charge in [-0.3, -0.25) is 4.39 Å². The lowest BCUT2D eigenvalue weighted by Crippen LogP contribution is -1.66. The number of halogens is 1. The summed E-state index contributed by atoms with van der Waals surface area (Å²) in [4.78, 5) is 0. The van der Waals surface area contributed by atoms with E-state index >= 15 is 0 Å². The van der Waals surface area contributed by atoms with E-state index in [1.54, 1.807) is 12.1 Å². The summed E-state index contributed by atoms with van der Waals surface area (Å²) in [5, 5.41) is 8.76. The van der Waals surface area contributed by atoms with E-state index in [1.165, 1.54) is 5.56 Å². The Labute approximate surface area is 73.9 Å². The molecule has 0 atom stereocenters. The van der Waals surface area contributed by atoms with Crippen molar-refractivity contribution in [1.82, 2.24) is 0 Å². The number of hydrogen-bond donors (Lipinski definition) is 1. The van der Waals surface area contributed by atoms with Gasteiger partial charge < -0.3 is 5.11 Å². The van der Waals surface area contributed by atoms with Crippen molar-refractivity contribution in [2.24, 2.45) is 0 Å². The lowest BCUT2D eigenvalue weighted by Gasteiger charge is -1.89. The van der Waals surface area contributed by atoms with Crippen LogP contribution in [0.1, 0.15) is 19.4 Å². The van der Waals surface area contributed by atoms with Crippen molar-refractivity contribution in [2.45, 2.75) is 20.8 Å². The summed E-state index contributed by atoms with van der Waals surface area (Å²) in [6, 6.07) is 7.09. The summed E-state index contributed by atoms with van der Waals surface area (Å²) >= 11 is 0. The summed E-state index contributed by atoms with van der Waals surface area (Å²) in [6.45, 7) is 5.99. The molecule has 0 spiro atoms. The number of hydrogen-bond acceptors (Lipinski definition) is 1. The quantitative estimate of drug-likeness (QED) is 0.636. The average Bonchev–Trinajstić information content (AvgIpc) is 2.17. The molecule has 0 aliphatic rings. The molecule has 0 amide bonds. The van der Waals surface area contributed by atoms with Crippen LogP contribution < -0.4 is 0 Å². The molecule has 0 heterocycles. The SMILES string of the molecule is CC.CF.Cc1ccc(O)cc1. The zero-order valence-corrected chi connectivity index (χ0v) is 8.13. The minimum atomic E-state index is 0.329. The maximum atomic E-state index is 9.50. The Balaban J connectivity index is 0. The fraction of sp³-hybridized carbons (Fsp3) is 0.400. The first kappa shape index (κ1) is 13.5. The highest BCUT2D eigenvalue weighted by atomic mass is 19.1. The molecular weight excluding hydrogens is 155 g/mol. The molecule has 0 saturated carbocycles. The van der Waals surface area contributed by atoms with E-state index in [0.29, 0.717) is 12.9 Å². The lowest BCUT2D eigenvalue weighted by molar-refractivity contribution is 0.475. The van der Waals surface area contributed by atoms with Crippen LogP contribution in [0.2, 0.25) is 0 Å². The van der Waals surface area contributed by atoms with Gasteiger partial charge in [0.15, 0.2) is 0 Å². The molecule has 1 rings (SSSR count). The van der Waals surface area contributed by atoms with Crippen molar-refractivity contribution in [1.29, 1.82) is 0 Å². The number of phenolic OH excluding ortho intramolecular Hbond substituents is 1. The first-order valence-corrected chi connectivity index (χ1v) is 3.92. The fourth-order valence-corrected chi connectivity index (χ4v) is 0.545. The summed E-state index contributed by atoms with van der Waals surface area (Å²) in [7, 11) is 0.500. The van der Waals surface area contributed by atoms with Crippen molar-refractivity contribution < 1.29 is 9.50 Å². The van der Waals surface area contributed by atoms with Crippen LogP contribution in [0, 0.1) is 6.92 Å². The van der Waals surface area contributed by atoms with Crippen molar-refractivity contribution in [3.05, 3.63) is 29.8 Å². The highest BCUT2D eigenvalue weighted by Crippen LogP contribution is 2.07. The zero-order chi connectivity index (χ0) is 9.98.